The zero-order valence-electron chi connectivity index (χ0n) is 7.90. The molecule has 74 valence electrons. The van der Waals surface area contributed by atoms with Gasteiger partial charge in [0.15, 0.2) is 0 Å². The maximum atomic E-state index is 11.2. The summed E-state index contributed by atoms with van der Waals surface area (Å²) in [6, 6.07) is 0. The standard InChI is InChI=1S/C7H13N3O2S/c1-6-4-9-7(10(6)3)5-13(11,12)8-2/h4,8H,5H2,1-3H3. The lowest BCUT2D eigenvalue weighted by Gasteiger charge is -2.03. The fourth-order valence-corrected chi connectivity index (χ4v) is 1.67. The van der Waals surface area contributed by atoms with Crippen molar-refractivity contribution in [3.8, 4) is 0 Å². The number of nitrogens with zero attached hydrogens (tertiary/aromatic N) is 2. The van der Waals surface area contributed by atoms with Gasteiger partial charge in [0.05, 0.1) is 0 Å². The molecule has 0 aliphatic rings. The van der Waals surface area contributed by atoms with E-state index in [4.69, 9.17) is 0 Å². The molecule has 0 unspecified atom stereocenters. The van der Waals surface area contributed by atoms with E-state index in [1.807, 2.05) is 6.92 Å². The quantitative estimate of drug-likeness (QED) is 0.738. The lowest BCUT2D eigenvalue weighted by Crippen LogP contribution is -2.22. The highest BCUT2D eigenvalue weighted by Gasteiger charge is 2.12. The lowest BCUT2D eigenvalue weighted by molar-refractivity contribution is 0.584. The number of hydrogen-bond acceptors (Lipinski definition) is 3. The molecule has 0 fully saturated rings. The van der Waals surface area contributed by atoms with E-state index >= 15 is 0 Å². The van der Waals surface area contributed by atoms with Crippen molar-refractivity contribution in [3.63, 3.8) is 0 Å². The van der Waals surface area contributed by atoms with E-state index in [1.54, 1.807) is 17.8 Å². The van der Waals surface area contributed by atoms with Crippen LogP contribution in [-0.2, 0) is 22.8 Å². The van der Waals surface area contributed by atoms with Gasteiger partial charge in [-0.3, -0.25) is 0 Å². The molecular weight excluding hydrogens is 190 g/mol. The van der Waals surface area contributed by atoms with E-state index in [0.29, 0.717) is 5.82 Å². The summed E-state index contributed by atoms with van der Waals surface area (Å²) in [5.74, 6) is 0.472. The highest BCUT2D eigenvalue weighted by molar-refractivity contribution is 7.88. The Kier molecular flexibility index (Phi) is 2.72. The van der Waals surface area contributed by atoms with Gasteiger partial charge in [0, 0.05) is 18.9 Å². The van der Waals surface area contributed by atoms with Gasteiger partial charge in [0.2, 0.25) is 10.0 Å². The van der Waals surface area contributed by atoms with Crippen LogP contribution in [-0.4, -0.2) is 25.0 Å². The van der Waals surface area contributed by atoms with Gasteiger partial charge < -0.3 is 4.57 Å². The van der Waals surface area contributed by atoms with Crippen LogP contribution < -0.4 is 4.72 Å². The van der Waals surface area contributed by atoms with Gasteiger partial charge in [-0.2, -0.15) is 0 Å². The number of rotatable bonds is 3. The smallest absolute Gasteiger partial charge is 0.218 e. The van der Waals surface area contributed by atoms with Crippen molar-refractivity contribution in [1.29, 1.82) is 0 Å². The second-order valence-electron chi connectivity index (χ2n) is 2.84. The van der Waals surface area contributed by atoms with Gasteiger partial charge >= 0.3 is 0 Å². The Bertz CT molecular complexity index is 394. The molecular formula is C7H13N3O2S. The summed E-state index contributed by atoms with van der Waals surface area (Å²) in [5.41, 5.74) is 0.946. The van der Waals surface area contributed by atoms with E-state index in [2.05, 4.69) is 9.71 Å². The van der Waals surface area contributed by atoms with Crippen molar-refractivity contribution in [3.05, 3.63) is 17.7 Å². The summed E-state index contributed by atoms with van der Waals surface area (Å²) in [7, 11) is -0.0266. The van der Waals surface area contributed by atoms with Crippen molar-refractivity contribution < 1.29 is 8.42 Å². The molecule has 0 amide bonds. The second-order valence-corrected chi connectivity index (χ2v) is 4.76. The number of imidazole rings is 1. The molecule has 1 aromatic rings. The average Bonchev–Trinajstić information content (AvgIpc) is 2.36. The molecule has 1 rings (SSSR count). The third-order valence-electron chi connectivity index (χ3n) is 1.95. The van der Waals surface area contributed by atoms with Gasteiger partial charge in [-0.05, 0) is 14.0 Å². The minimum atomic E-state index is -3.22. The molecule has 0 aliphatic carbocycles. The zero-order chi connectivity index (χ0) is 10.1. The monoisotopic (exact) mass is 203 g/mol. The SMILES string of the molecule is CNS(=O)(=O)Cc1ncc(C)n1C. The Morgan fingerprint density at radius 2 is 2.23 bits per heavy atom. The summed E-state index contributed by atoms with van der Waals surface area (Å²) in [6.45, 7) is 1.88. The molecule has 5 nitrogen and oxygen atoms in total. The maximum absolute atomic E-state index is 11.2. The Balaban J connectivity index is 2.93. The third kappa shape index (κ3) is 2.28. The van der Waals surface area contributed by atoms with E-state index in [9.17, 15) is 8.42 Å². The minimum absolute atomic E-state index is 0.0756. The molecule has 0 aliphatic heterocycles. The average molecular weight is 203 g/mol. The van der Waals surface area contributed by atoms with Crippen LogP contribution in [0, 0.1) is 6.92 Å². The van der Waals surface area contributed by atoms with Gasteiger partial charge in [0.1, 0.15) is 11.6 Å². The van der Waals surface area contributed by atoms with Gasteiger partial charge in [0.25, 0.3) is 0 Å². The van der Waals surface area contributed by atoms with Gasteiger partial charge in [-0.25, -0.2) is 18.1 Å². The molecule has 0 aromatic carbocycles. The fourth-order valence-electron chi connectivity index (χ4n) is 0.921. The Hall–Kier alpha value is -0.880. The number of sulfonamides is 1. The van der Waals surface area contributed by atoms with Crippen LogP contribution in [0.1, 0.15) is 11.5 Å². The van der Waals surface area contributed by atoms with Crippen molar-refractivity contribution in [2.45, 2.75) is 12.7 Å². The first-order valence-electron chi connectivity index (χ1n) is 3.84. The molecule has 1 heterocycles. The van der Waals surface area contributed by atoms with Crippen molar-refractivity contribution in [1.82, 2.24) is 14.3 Å². The Labute approximate surface area is 77.8 Å². The van der Waals surface area contributed by atoms with E-state index in [0.717, 1.165) is 5.69 Å². The van der Waals surface area contributed by atoms with Crippen molar-refractivity contribution in [2.24, 2.45) is 7.05 Å². The first kappa shape index (κ1) is 10.2. The van der Waals surface area contributed by atoms with Crippen LogP contribution in [0.3, 0.4) is 0 Å². The minimum Gasteiger partial charge on any atom is -0.335 e. The first-order valence-corrected chi connectivity index (χ1v) is 5.50. The van der Waals surface area contributed by atoms with Crippen LogP contribution in [0.4, 0.5) is 0 Å². The molecule has 0 bridgehead atoms. The highest BCUT2D eigenvalue weighted by Crippen LogP contribution is 2.04. The van der Waals surface area contributed by atoms with Crippen LogP contribution in [0.25, 0.3) is 0 Å². The molecule has 13 heavy (non-hydrogen) atoms. The predicted molar refractivity (Wildman–Crippen MR) is 49.6 cm³/mol. The van der Waals surface area contributed by atoms with Gasteiger partial charge in [-0.1, -0.05) is 0 Å². The maximum Gasteiger partial charge on any atom is 0.218 e. The van der Waals surface area contributed by atoms with Crippen molar-refractivity contribution >= 4 is 10.0 Å². The Morgan fingerprint density at radius 1 is 1.62 bits per heavy atom. The fraction of sp³-hybridized carbons (Fsp3) is 0.571. The normalized spacial score (nSPS) is 11.9. The molecule has 0 saturated heterocycles. The molecule has 0 radical (unpaired) electrons. The summed E-state index contributed by atoms with van der Waals surface area (Å²) in [4.78, 5) is 3.99. The Morgan fingerprint density at radius 3 is 2.62 bits per heavy atom. The van der Waals surface area contributed by atoms with Crippen LogP contribution in [0.15, 0.2) is 6.20 Å². The number of nitrogens with one attached hydrogen (secondary N) is 1. The molecule has 6 heteroatoms. The predicted octanol–water partition coefficient (Wildman–Crippen LogP) is -0.222. The highest BCUT2D eigenvalue weighted by atomic mass is 32.2. The van der Waals surface area contributed by atoms with E-state index in [-0.39, 0.29) is 5.75 Å². The molecule has 1 aromatic heterocycles. The summed E-state index contributed by atoms with van der Waals surface area (Å²) in [6.07, 6.45) is 1.65. The first-order chi connectivity index (χ1) is 5.96. The molecule has 1 N–H and O–H groups in total. The van der Waals surface area contributed by atoms with Crippen LogP contribution in [0.2, 0.25) is 0 Å². The topological polar surface area (TPSA) is 64.0 Å². The van der Waals surface area contributed by atoms with Crippen LogP contribution in [0.5, 0.6) is 0 Å². The van der Waals surface area contributed by atoms with Crippen LogP contribution >= 0.6 is 0 Å². The van der Waals surface area contributed by atoms with E-state index in [1.165, 1.54) is 7.05 Å². The second kappa shape index (κ2) is 3.47. The van der Waals surface area contributed by atoms with Crippen molar-refractivity contribution in [2.75, 3.05) is 7.05 Å². The number of hydrogen-bond donors (Lipinski definition) is 1. The third-order valence-corrected chi connectivity index (χ3v) is 3.21. The number of aryl methyl sites for hydroxylation is 1. The van der Waals surface area contributed by atoms with Gasteiger partial charge in [-0.15, -0.1) is 0 Å². The zero-order valence-corrected chi connectivity index (χ0v) is 8.72. The summed E-state index contributed by atoms with van der Waals surface area (Å²) < 4.78 is 26.3. The van der Waals surface area contributed by atoms with E-state index < -0.39 is 10.0 Å². The molecule has 0 spiro atoms. The molecule has 0 saturated carbocycles. The molecule has 0 atom stereocenters. The lowest BCUT2D eigenvalue weighted by atomic mass is 10.5. The largest absolute Gasteiger partial charge is 0.335 e. The number of aromatic nitrogens is 2. The summed E-state index contributed by atoms with van der Waals surface area (Å²) >= 11 is 0. The summed E-state index contributed by atoms with van der Waals surface area (Å²) in [5, 5.41) is 0.